The van der Waals surface area contributed by atoms with E-state index in [1.54, 1.807) is 45.0 Å². The van der Waals surface area contributed by atoms with Gasteiger partial charge >= 0.3 is 5.97 Å². The lowest BCUT2D eigenvalue weighted by molar-refractivity contribution is 0.0526. The van der Waals surface area contributed by atoms with Gasteiger partial charge in [0, 0.05) is 22.3 Å². The lowest BCUT2D eigenvalue weighted by Gasteiger charge is -2.10. The fraction of sp³-hybridized carbons (Fsp3) is 0.200. The highest BCUT2D eigenvalue weighted by molar-refractivity contribution is 6.30. The molecule has 0 fully saturated rings. The number of nitrogens with zero attached hydrogens (tertiary/aromatic N) is 3. The first-order valence-electron chi connectivity index (χ1n) is 8.51. The summed E-state index contributed by atoms with van der Waals surface area (Å²) in [6.07, 6.45) is 1.38. The number of nitrogens with one attached hydrogen (secondary N) is 1. The van der Waals surface area contributed by atoms with Gasteiger partial charge < -0.3 is 14.5 Å². The van der Waals surface area contributed by atoms with Crippen molar-refractivity contribution in [3.05, 3.63) is 57.9 Å². The van der Waals surface area contributed by atoms with Gasteiger partial charge in [-0.1, -0.05) is 11.6 Å². The largest absolute Gasteiger partial charge is 0.462 e. The van der Waals surface area contributed by atoms with Gasteiger partial charge in [-0.25, -0.2) is 14.8 Å². The third kappa shape index (κ3) is 3.82. The second kappa shape index (κ2) is 8.11. The van der Waals surface area contributed by atoms with Crippen LogP contribution in [0.1, 0.15) is 34.2 Å². The van der Waals surface area contributed by atoms with E-state index in [2.05, 4.69) is 21.4 Å². The molecule has 0 atom stereocenters. The molecule has 0 bridgehead atoms. The first kappa shape index (κ1) is 19.4. The van der Waals surface area contributed by atoms with Crippen LogP contribution in [-0.4, -0.2) is 22.5 Å². The van der Waals surface area contributed by atoms with E-state index < -0.39 is 5.97 Å². The quantitative estimate of drug-likeness (QED) is 0.618. The van der Waals surface area contributed by atoms with E-state index in [1.807, 2.05) is 0 Å². The summed E-state index contributed by atoms with van der Waals surface area (Å²) >= 11 is 5.93. The Kier molecular flexibility index (Phi) is 5.62. The fourth-order valence-electron chi connectivity index (χ4n) is 2.53. The Bertz CT molecular complexity index is 1070. The van der Waals surface area contributed by atoms with Crippen LogP contribution in [0.25, 0.3) is 11.4 Å². The highest BCUT2D eigenvalue weighted by Gasteiger charge is 2.21. The number of nitriles is 1. The van der Waals surface area contributed by atoms with Crippen LogP contribution in [0.2, 0.25) is 5.02 Å². The number of halogens is 1. The predicted octanol–water partition coefficient (Wildman–Crippen LogP) is 4.80. The second-order valence-electron chi connectivity index (χ2n) is 5.91. The van der Waals surface area contributed by atoms with Crippen LogP contribution in [0.5, 0.6) is 0 Å². The van der Waals surface area contributed by atoms with Crippen molar-refractivity contribution in [3.63, 3.8) is 0 Å². The van der Waals surface area contributed by atoms with Gasteiger partial charge in [0.05, 0.1) is 6.61 Å². The summed E-state index contributed by atoms with van der Waals surface area (Å²) in [4.78, 5) is 21.0. The molecule has 142 valence electrons. The van der Waals surface area contributed by atoms with Crippen molar-refractivity contribution in [1.82, 2.24) is 9.97 Å². The van der Waals surface area contributed by atoms with Gasteiger partial charge in [0.2, 0.25) is 5.88 Å². The zero-order chi connectivity index (χ0) is 20.3. The zero-order valence-electron chi connectivity index (χ0n) is 15.5. The first-order valence-corrected chi connectivity index (χ1v) is 8.89. The molecule has 3 rings (SSSR count). The lowest BCUT2D eigenvalue weighted by atomic mass is 10.2. The van der Waals surface area contributed by atoms with Crippen LogP contribution in [0.3, 0.4) is 0 Å². The highest BCUT2D eigenvalue weighted by Crippen LogP contribution is 2.30. The molecular weight excluding hydrogens is 380 g/mol. The molecule has 0 amide bonds. The van der Waals surface area contributed by atoms with Crippen LogP contribution in [0, 0.1) is 25.2 Å². The standard InChI is InChI=1S/C20H17ClN4O3/c1-4-27-20(26)16-10-23-17(13-5-7-14(21)8-6-13)24-18(16)25-19-15(9-22)11(2)12(3)28-19/h5-8,10H,4H2,1-3H3,(H,23,24,25). The molecular formula is C20H17ClN4O3. The van der Waals surface area contributed by atoms with E-state index in [0.29, 0.717) is 22.2 Å². The maximum absolute atomic E-state index is 12.3. The molecule has 0 aliphatic rings. The fourth-order valence-corrected chi connectivity index (χ4v) is 2.66. The molecule has 28 heavy (non-hydrogen) atoms. The van der Waals surface area contributed by atoms with Gasteiger partial charge in [-0.05, 0) is 45.0 Å². The van der Waals surface area contributed by atoms with Crippen LogP contribution in [0.4, 0.5) is 11.7 Å². The van der Waals surface area contributed by atoms with Gasteiger partial charge in [0.15, 0.2) is 11.6 Å². The number of benzene rings is 1. The number of carbonyl (C=O) groups excluding carboxylic acids is 1. The Hall–Kier alpha value is -3.37. The third-order valence-electron chi connectivity index (χ3n) is 4.12. The van der Waals surface area contributed by atoms with Crippen molar-refractivity contribution >= 4 is 29.3 Å². The number of ether oxygens (including phenoxy) is 1. The SMILES string of the molecule is CCOC(=O)c1cnc(-c2ccc(Cl)cc2)nc1Nc1oc(C)c(C)c1C#N. The van der Waals surface area contributed by atoms with Crippen LogP contribution in [-0.2, 0) is 4.74 Å². The van der Waals surface area contributed by atoms with E-state index in [-0.39, 0.29) is 23.9 Å². The molecule has 7 nitrogen and oxygen atoms in total. The Morgan fingerprint density at radius 1 is 1.32 bits per heavy atom. The van der Waals surface area contributed by atoms with Crippen molar-refractivity contribution < 1.29 is 13.9 Å². The number of aryl methyl sites for hydroxylation is 1. The molecule has 0 spiro atoms. The Balaban J connectivity index is 2.09. The van der Waals surface area contributed by atoms with Crippen LogP contribution >= 0.6 is 11.6 Å². The molecule has 0 aliphatic carbocycles. The predicted molar refractivity (Wildman–Crippen MR) is 105 cm³/mol. The number of rotatable bonds is 5. The molecule has 1 aromatic carbocycles. The Morgan fingerprint density at radius 2 is 2.04 bits per heavy atom. The number of aromatic nitrogens is 2. The lowest BCUT2D eigenvalue weighted by Crippen LogP contribution is -2.11. The topological polar surface area (TPSA) is 101 Å². The van der Waals surface area contributed by atoms with Gasteiger partial charge in [-0.15, -0.1) is 0 Å². The van der Waals surface area contributed by atoms with Gasteiger partial charge in [0.25, 0.3) is 0 Å². The summed E-state index contributed by atoms with van der Waals surface area (Å²) in [5.74, 6) is 0.799. The molecule has 0 saturated carbocycles. The molecule has 1 N–H and O–H groups in total. The van der Waals surface area contributed by atoms with Crippen molar-refractivity contribution in [1.29, 1.82) is 5.26 Å². The number of hydrogen-bond donors (Lipinski definition) is 1. The van der Waals surface area contributed by atoms with Crippen LogP contribution < -0.4 is 5.32 Å². The van der Waals surface area contributed by atoms with Gasteiger partial charge in [-0.2, -0.15) is 5.26 Å². The molecule has 2 heterocycles. The number of furan rings is 1. The van der Waals surface area contributed by atoms with Crippen molar-refractivity contribution in [2.45, 2.75) is 20.8 Å². The number of anilines is 2. The maximum Gasteiger partial charge on any atom is 0.343 e. The summed E-state index contributed by atoms with van der Waals surface area (Å²) in [6.45, 7) is 5.46. The van der Waals surface area contributed by atoms with Gasteiger partial charge in [0.1, 0.15) is 23.0 Å². The molecule has 3 aromatic rings. The molecule has 0 unspecified atom stereocenters. The van der Waals surface area contributed by atoms with Gasteiger partial charge in [-0.3, -0.25) is 0 Å². The van der Waals surface area contributed by atoms with Crippen LogP contribution in [0.15, 0.2) is 34.9 Å². The number of esters is 1. The molecule has 0 aliphatic heterocycles. The van der Waals surface area contributed by atoms with E-state index in [9.17, 15) is 10.1 Å². The Morgan fingerprint density at radius 3 is 2.68 bits per heavy atom. The third-order valence-corrected chi connectivity index (χ3v) is 4.37. The Labute approximate surface area is 166 Å². The minimum absolute atomic E-state index is 0.134. The van der Waals surface area contributed by atoms with Crippen molar-refractivity contribution in [2.24, 2.45) is 0 Å². The van der Waals surface area contributed by atoms with Crippen molar-refractivity contribution in [3.8, 4) is 17.5 Å². The average Bonchev–Trinajstić information content (AvgIpc) is 2.95. The van der Waals surface area contributed by atoms with E-state index in [0.717, 1.165) is 11.1 Å². The smallest absolute Gasteiger partial charge is 0.343 e. The number of carbonyl (C=O) groups is 1. The summed E-state index contributed by atoms with van der Waals surface area (Å²) in [6, 6.07) is 9.09. The average molecular weight is 397 g/mol. The zero-order valence-corrected chi connectivity index (χ0v) is 16.3. The number of hydrogen-bond acceptors (Lipinski definition) is 7. The summed E-state index contributed by atoms with van der Waals surface area (Å²) in [5.41, 5.74) is 1.92. The second-order valence-corrected chi connectivity index (χ2v) is 6.34. The maximum atomic E-state index is 12.3. The molecule has 8 heteroatoms. The first-order chi connectivity index (χ1) is 13.4. The monoisotopic (exact) mass is 396 g/mol. The van der Waals surface area contributed by atoms with E-state index >= 15 is 0 Å². The summed E-state index contributed by atoms with van der Waals surface area (Å²) in [5, 5.41) is 13.0. The van der Waals surface area contributed by atoms with E-state index in [1.165, 1.54) is 6.20 Å². The normalized spacial score (nSPS) is 10.4. The minimum atomic E-state index is -0.578. The summed E-state index contributed by atoms with van der Waals surface area (Å²) in [7, 11) is 0. The molecule has 0 radical (unpaired) electrons. The minimum Gasteiger partial charge on any atom is -0.462 e. The van der Waals surface area contributed by atoms with Crippen molar-refractivity contribution in [2.75, 3.05) is 11.9 Å². The summed E-state index contributed by atoms with van der Waals surface area (Å²) < 4.78 is 10.7. The highest BCUT2D eigenvalue weighted by atomic mass is 35.5. The molecule has 2 aromatic heterocycles. The molecule has 0 saturated heterocycles. The van der Waals surface area contributed by atoms with E-state index in [4.69, 9.17) is 20.8 Å².